The minimum absolute atomic E-state index is 0.149. The number of benzene rings is 3. The number of hydrogen-bond donors (Lipinski definition) is 1. The molecule has 0 aromatic heterocycles. The van der Waals surface area contributed by atoms with Gasteiger partial charge in [0.2, 0.25) is 11.8 Å². The van der Waals surface area contributed by atoms with Gasteiger partial charge in [-0.3, -0.25) is 14.5 Å². The summed E-state index contributed by atoms with van der Waals surface area (Å²) < 4.78 is 5.46. The molecule has 8 heteroatoms. The minimum atomic E-state index is -0.787. The van der Waals surface area contributed by atoms with Gasteiger partial charge >= 0.3 is 6.09 Å². The van der Waals surface area contributed by atoms with Crippen molar-refractivity contribution < 1.29 is 19.1 Å². The molecule has 2 saturated heterocycles. The highest BCUT2D eigenvalue weighted by molar-refractivity contribution is 6.30. The second-order valence-electron chi connectivity index (χ2n) is 10.9. The predicted molar refractivity (Wildman–Crippen MR) is 159 cm³/mol. The van der Waals surface area contributed by atoms with E-state index in [1.807, 2.05) is 98.8 Å². The van der Waals surface area contributed by atoms with Crippen molar-refractivity contribution in [1.29, 1.82) is 0 Å². The average Bonchev–Trinajstić information content (AvgIpc) is 3.34. The fraction of sp³-hybridized carbons (Fsp3) is 0.303. The number of carbonyl (C=O) groups is 3. The Morgan fingerprint density at radius 1 is 1.02 bits per heavy atom. The maximum absolute atomic E-state index is 14.0. The third kappa shape index (κ3) is 6.30. The number of halogens is 1. The van der Waals surface area contributed by atoms with Crippen LogP contribution in [0, 0.1) is 5.92 Å². The zero-order chi connectivity index (χ0) is 28.9. The van der Waals surface area contributed by atoms with Crippen molar-refractivity contribution in [3.05, 3.63) is 113 Å². The summed E-state index contributed by atoms with van der Waals surface area (Å²) in [4.78, 5) is 43.9. The molecule has 2 fully saturated rings. The molecule has 212 valence electrons. The van der Waals surface area contributed by atoms with Gasteiger partial charge in [-0.25, -0.2) is 4.79 Å². The lowest BCUT2D eigenvalue weighted by molar-refractivity contribution is -0.163. The van der Waals surface area contributed by atoms with Crippen molar-refractivity contribution in [2.75, 3.05) is 6.61 Å². The number of carbonyl (C=O) groups excluding carboxylic acids is 3. The summed E-state index contributed by atoms with van der Waals surface area (Å²) in [6.07, 6.45) is 3.81. The molecule has 4 atom stereocenters. The highest BCUT2D eigenvalue weighted by Crippen LogP contribution is 2.39. The van der Waals surface area contributed by atoms with Gasteiger partial charge in [-0.05, 0) is 41.2 Å². The van der Waals surface area contributed by atoms with Crippen LogP contribution in [0.3, 0.4) is 0 Å². The number of hydrogen-bond acceptors (Lipinski definition) is 4. The Bertz CT molecular complexity index is 1410. The van der Waals surface area contributed by atoms with E-state index in [0.29, 0.717) is 18.0 Å². The second-order valence-corrected chi connectivity index (χ2v) is 11.3. The lowest BCUT2D eigenvalue weighted by Gasteiger charge is -2.52. The molecular weight excluding hydrogens is 538 g/mol. The molecule has 3 amide bonds. The molecule has 2 heterocycles. The molecule has 41 heavy (non-hydrogen) atoms. The van der Waals surface area contributed by atoms with E-state index >= 15 is 0 Å². The van der Waals surface area contributed by atoms with Gasteiger partial charge in [-0.2, -0.15) is 0 Å². The fourth-order valence-electron chi connectivity index (χ4n) is 5.55. The highest BCUT2D eigenvalue weighted by Gasteiger charge is 2.57. The van der Waals surface area contributed by atoms with E-state index in [1.54, 1.807) is 21.9 Å². The third-order valence-corrected chi connectivity index (χ3v) is 7.76. The van der Waals surface area contributed by atoms with Gasteiger partial charge in [0, 0.05) is 11.6 Å². The molecule has 0 radical (unpaired) electrons. The largest absolute Gasteiger partial charge is 0.447 e. The maximum atomic E-state index is 14.0. The van der Waals surface area contributed by atoms with Gasteiger partial charge in [-0.15, -0.1) is 0 Å². The van der Waals surface area contributed by atoms with Gasteiger partial charge < -0.3 is 15.0 Å². The first-order chi connectivity index (χ1) is 19.8. The molecule has 3 aromatic carbocycles. The van der Waals surface area contributed by atoms with Crippen LogP contribution in [0.25, 0.3) is 6.08 Å². The molecule has 0 saturated carbocycles. The molecular formula is C33H34ClN3O4. The zero-order valence-corrected chi connectivity index (χ0v) is 23.9. The second kappa shape index (κ2) is 12.6. The normalized spacial score (nSPS) is 21.2. The van der Waals surface area contributed by atoms with Crippen LogP contribution in [-0.2, 0) is 20.9 Å². The molecule has 0 aliphatic carbocycles. The smallest absolute Gasteiger partial charge is 0.411 e. The third-order valence-electron chi connectivity index (χ3n) is 7.52. The lowest BCUT2D eigenvalue weighted by atomic mass is 9.86. The Morgan fingerprint density at radius 2 is 1.73 bits per heavy atom. The van der Waals surface area contributed by atoms with E-state index in [1.165, 1.54) is 0 Å². The maximum Gasteiger partial charge on any atom is 0.411 e. The summed E-state index contributed by atoms with van der Waals surface area (Å²) in [5.41, 5.74) is 2.72. The topological polar surface area (TPSA) is 79.0 Å². The summed E-state index contributed by atoms with van der Waals surface area (Å²) in [7, 11) is 0. The van der Waals surface area contributed by atoms with E-state index in [4.69, 9.17) is 16.3 Å². The predicted octanol–water partition coefficient (Wildman–Crippen LogP) is 5.86. The van der Waals surface area contributed by atoms with E-state index < -0.39 is 30.3 Å². The summed E-state index contributed by atoms with van der Waals surface area (Å²) >= 11 is 6.13. The number of nitrogens with zero attached hydrogens (tertiary/aromatic N) is 2. The van der Waals surface area contributed by atoms with E-state index in [9.17, 15) is 14.4 Å². The first-order valence-corrected chi connectivity index (χ1v) is 14.3. The quantitative estimate of drug-likeness (QED) is 0.309. The molecule has 0 unspecified atom stereocenters. The van der Waals surface area contributed by atoms with Crippen LogP contribution in [0.15, 0.2) is 91.0 Å². The van der Waals surface area contributed by atoms with Crippen LogP contribution in [0.5, 0.6) is 0 Å². The Hall–Kier alpha value is -4.10. The van der Waals surface area contributed by atoms with E-state index in [0.717, 1.165) is 16.7 Å². The first-order valence-electron chi connectivity index (χ1n) is 13.9. The van der Waals surface area contributed by atoms with Gasteiger partial charge in [0.25, 0.3) is 0 Å². The Labute approximate surface area is 245 Å². The minimum Gasteiger partial charge on any atom is -0.447 e. The zero-order valence-electron chi connectivity index (χ0n) is 23.2. The van der Waals surface area contributed by atoms with Gasteiger partial charge in [0.15, 0.2) is 0 Å². The SMILES string of the molecule is CC(C)C[C@@H](C(=O)NCc1cccc(Cl)c1)N1C(=O)[C@@H](N2C(=O)OC[C@@H]2c2ccccc2)[C@H]1/C=C/c1ccccc1. The number of ether oxygens (including phenoxy) is 1. The lowest BCUT2D eigenvalue weighted by Crippen LogP contribution is -2.74. The Kier molecular flexibility index (Phi) is 8.74. The van der Waals surface area contributed by atoms with Gasteiger partial charge in [0.1, 0.15) is 18.7 Å². The van der Waals surface area contributed by atoms with Crippen molar-refractivity contribution in [3.8, 4) is 0 Å². The number of rotatable bonds is 10. The van der Waals surface area contributed by atoms with Crippen LogP contribution in [-0.4, -0.2) is 52.4 Å². The van der Waals surface area contributed by atoms with Crippen LogP contribution >= 0.6 is 11.6 Å². The van der Waals surface area contributed by atoms with Gasteiger partial charge in [-0.1, -0.05) is 110 Å². The summed E-state index contributed by atoms with van der Waals surface area (Å²) in [6, 6.07) is 24.2. The molecule has 7 nitrogen and oxygen atoms in total. The van der Waals surface area contributed by atoms with Crippen molar-refractivity contribution in [2.24, 2.45) is 5.92 Å². The van der Waals surface area contributed by atoms with Gasteiger partial charge in [0.05, 0.1) is 12.1 Å². The Morgan fingerprint density at radius 3 is 2.41 bits per heavy atom. The van der Waals surface area contributed by atoms with Crippen molar-refractivity contribution >= 4 is 35.6 Å². The molecule has 0 spiro atoms. The molecule has 2 aliphatic heterocycles. The molecule has 1 N–H and O–H groups in total. The number of amides is 3. The molecule has 5 rings (SSSR count). The van der Waals surface area contributed by atoms with Crippen LogP contribution in [0.4, 0.5) is 4.79 Å². The van der Waals surface area contributed by atoms with E-state index in [2.05, 4.69) is 5.32 Å². The first kappa shape index (κ1) is 28.4. The molecule has 2 aliphatic rings. The monoisotopic (exact) mass is 571 g/mol. The highest BCUT2D eigenvalue weighted by atomic mass is 35.5. The number of nitrogens with one attached hydrogen (secondary N) is 1. The molecule has 3 aromatic rings. The number of cyclic esters (lactones) is 1. The van der Waals surface area contributed by atoms with Crippen molar-refractivity contribution in [3.63, 3.8) is 0 Å². The molecule has 0 bridgehead atoms. The summed E-state index contributed by atoms with van der Waals surface area (Å²) in [6.45, 7) is 4.50. The summed E-state index contributed by atoms with van der Waals surface area (Å²) in [5.74, 6) is -0.361. The van der Waals surface area contributed by atoms with E-state index in [-0.39, 0.29) is 24.3 Å². The number of likely N-dealkylation sites (tertiary alicyclic amines) is 1. The summed E-state index contributed by atoms with van der Waals surface area (Å²) in [5, 5.41) is 3.59. The van der Waals surface area contributed by atoms with Crippen molar-refractivity contribution in [1.82, 2.24) is 15.1 Å². The Balaban J connectivity index is 1.45. The van der Waals surface area contributed by atoms with Crippen LogP contribution < -0.4 is 5.32 Å². The average molecular weight is 572 g/mol. The fourth-order valence-corrected chi connectivity index (χ4v) is 5.76. The van der Waals surface area contributed by atoms with Crippen LogP contribution in [0.2, 0.25) is 5.02 Å². The standard InChI is InChI=1S/C33H34ClN3O4/c1-22(2)18-28(31(38)35-20-24-12-9-15-26(34)19-24)36-27(17-16-23-10-5-3-6-11-23)30(32(36)39)37-29(21-41-33(37)40)25-13-7-4-8-14-25/h3-17,19,22,27-30H,18,20-21H2,1-2H3,(H,35,38)/b17-16+/t27-,28+,29-,30+/m1/s1. The number of β-lactam (4-membered cyclic amide) rings is 1. The van der Waals surface area contributed by atoms with Crippen LogP contribution in [0.1, 0.15) is 43.0 Å². The van der Waals surface area contributed by atoms with Crippen molar-refractivity contribution in [2.45, 2.75) is 51.0 Å².